The first kappa shape index (κ1) is 9.54. The summed E-state index contributed by atoms with van der Waals surface area (Å²) >= 11 is 1.38. The fourth-order valence-corrected chi connectivity index (χ4v) is 1.24. The molecule has 0 saturated heterocycles. The summed E-state index contributed by atoms with van der Waals surface area (Å²) in [5, 5.41) is 8.88. The van der Waals surface area contributed by atoms with Crippen molar-refractivity contribution in [1.29, 1.82) is 0 Å². The molecule has 1 heterocycles. The highest BCUT2D eigenvalue weighted by molar-refractivity contribution is 7.02. The molecule has 0 aliphatic carbocycles. The van der Waals surface area contributed by atoms with Crippen molar-refractivity contribution in [2.75, 3.05) is 0 Å². The molecule has 0 aliphatic rings. The summed E-state index contributed by atoms with van der Waals surface area (Å²) in [4.78, 5) is 8.36. The van der Waals surface area contributed by atoms with E-state index in [9.17, 15) is 0 Å². The smallest absolute Gasteiger partial charge is 0.290 e. The van der Waals surface area contributed by atoms with E-state index in [4.69, 9.17) is 13.8 Å². The Kier molecular flexibility index (Phi) is 3.78. The fourth-order valence-electron chi connectivity index (χ4n) is 0.815. The largest absolute Gasteiger partial charge is 0.483 e. The molecule has 0 bridgehead atoms. The molecule has 0 fully saturated rings. The summed E-state index contributed by atoms with van der Waals surface area (Å²) in [7, 11) is 0. The summed E-state index contributed by atoms with van der Waals surface area (Å²) in [6.07, 6.45) is 0. The Morgan fingerprint density at radius 3 is 2.23 bits per heavy atom. The zero-order chi connectivity index (χ0) is 9.52. The zero-order valence-electron chi connectivity index (χ0n) is 6.71. The molecule has 0 saturated carbocycles. The Morgan fingerprint density at radius 2 is 1.85 bits per heavy atom. The van der Waals surface area contributed by atoms with Crippen molar-refractivity contribution in [1.82, 2.24) is 0 Å². The van der Waals surface area contributed by atoms with E-state index in [1.165, 1.54) is 11.6 Å². The maximum atomic E-state index is 8.36. The first-order chi connectivity index (χ1) is 6.38. The van der Waals surface area contributed by atoms with Crippen LogP contribution < -0.4 is 0 Å². The second kappa shape index (κ2) is 5.16. The maximum absolute atomic E-state index is 8.36. The van der Waals surface area contributed by atoms with Crippen LogP contribution in [0.4, 0.5) is 0 Å². The summed E-state index contributed by atoms with van der Waals surface area (Å²) in [5.41, 5.74) is 1.15. The lowest BCUT2D eigenvalue weighted by Gasteiger charge is -1.98. The SMILES string of the molecule is O=CO.c1ccc(-c2cso2)cc1. The third kappa shape index (κ3) is 2.76. The van der Waals surface area contributed by atoms with E-state index in [1.54, 1.807) is 0 Å². The van der Waals surface area contributed by atoms with E-state index in [0.29, 0.717) is 0 Å². The molecule has 13 heavy (non-hydrogen) atoms. The molecular formula is C9H8O3S. The molecule has 2 rings (SSSR count). The molecule has 0 spiro atoms. The minimum absolute atomic E-state index is 0.250. The lowest BCUT2D eigenvalue weighted by Crippen LogP contribution is -1.73. The zero-order valence-corrected chi connectivity index (χ0v) is 7.53. The van der Waals surface area contributed by atoms with Gasteiger partial charge in [-0.2, -0.15) is 0 Å². The number of hydrogen-bond acceptors (Lipinski definition) is 3. The minimum atomic E-state index is -0.250. The van der Waals surface area contributed by atoms with E-state index in [1.807, 2.05) is 35.7 Å². The van der Waals surface area contributed by atoms with Gasteiger partial charge in [0.25, 0.3) is 6.47 Å². The van der Waals surface area contributed by atoms with Crippen molar-refractivity contribution in [3.8, 4) is 11.3 Å². The van der Waals surface area contributed by atoms with Crippen LogP contribution >= 0.6 is 11.6 Å². The molecule has 2 aromatic rings. The molecular weight excluding hydrogens is 188 g/mol. The molecule has 3 nitrogen and oxygen atoms in total. The normalized spacial score (nSPS) is 8.62. The van der Waals surface area contributed by atoms with Crippen molar-refractivity contribution in [2.45, 2.75) is 0 Å². The standard InChI is InChI=1S/C8H6OS.CH2O2/c1-2-4-7(5-3-1)8-6-10-9-8;2-1-3/h1-6H;1H,(H,2,3). The van der Waals surface area contributed by atoms with Gasteiger partial charge in [-0.05, 0) is 0 Å². The van der Waals surface area contributed by atoms with Gasteiger partial charge >= 0.3 is 0 Å². The highest BCUT2D eigenvalue weighted by Crippen LogP contribution is 2.23. The topological polar surface area (TPSA) is 50.4 Å². The molecule has 1 N–H and O–H groups in total. The van der Waals surface area contributed by atoms with Gasteiger partial charge in [-0.15, -0.1) is 0 Å². The second-order valence-corrected chi connectivity index (χ2v) is 2.73. The van der Waals surface area contributed by atoms with E-state index in [-0.39, 0.29) is 6.47 Å². The molecule has 0 radical (unpaired) electrons. The van der Waals surface area contributed by atoms with Gasteiger partial charge in [0, 0.05) is 17.2 Å². The lowest BCUT2D eigenvalue weighted by molar-refractivity contribution is -0.122. The molecule has 0 unspecified atom stereocenters. The van der Waals surface area contributed by atoms with E-state index in [2.05, 4.69) is 0 Å². The Bertz CT molecular complexity index is 327. The predicted molar refractivity (Wildman–Crippen MR) is 50.7 cm³/mol. The summed E-state index contributed by atoms with van der Waals surface area (Å²) in [6.45, 7) is -0.250. The summed E-state index contributed by atoms with van der Waals surface area (Å²) < 4.78 is 5.09. The number of rotatable bonds is 1. The van der Waals surface area contributed by atoms with Crippen molar-refractivity contribution >= 4 is 18.1 Å². The van der Waals surface area contributed by atoms with Crippen molar-refractivity contribution < 1.29 is 13.8 Å². The van der Waals surface area contributed by atoms with Crippen LogP contribution in [0.15, 0.2) is 39.6 Å². The van der Waals surface area contributed by atoms with Crippen LogP contribution in [0.1, 0.15) is 0 Å². The van der Waals surface area contributed by atoms with Crippen LogP contribution in [-0.4, -0.2) is 11.6 Å². The van der Waals surface area contributed by atoms with Crippen molar-refractivity contribution in [2.24, 2.45) is 0 Å². The molecule has 68 valence electrons. The lowest BCUT2D eigenvalue weighted by atomic mass is 10.2. The summed E-state index contributed by atoms with van der Waals surface area (Å²) in [5.74, 6) is 0.977. The maximum Gasteiger partial charge on any atom is 0.290 e. The first-order valence-corrected chi connectivity index (χ1v) is 4.35. The van der Waals surface area contributed by atoms with Gasteiger partial charge in [-0.3, -0.25) is 4.79 Å². The Labute approximate surface area is 79.5 Å². The molecule has 0 atom stereocenters. The fraction of sp³-hybridized carbons (Fsp3) is 0. The monoisotopic (exact) mass is 196 g/mol. The van der Waals surface area contributed by atoms with Gasteiger partial charge in [0.05, 0.1) is 5.38 Å². The van der Waals surface area contributed by atoms with E-state index < -0.39 is 0 Å². The Morgan fingerprint density at radius 1 is 1.31 bits per heavy atom. The molecule has 0 amide bonds. The Hall–Kier alpha value is -1.55. The molecule has 1 aromatic carbocycles. The van der Waals surface area contributed by atoms with Crippen molar-refractivity contribution in [3.05, 3.63) is 35.7 Å². The third-order valence-corrected chi connectivity index (χ3v) is 1.94. The highest BCUT2D eigenvalue weighted by atomic mass is 32.1. The molecule has 4 heteroatoms. The van der Waals surface area contributed by atoms with Gasteiger partial charge in [-0.25, -0.2) is 0 Å². The molecule has 1 aromatic heterocycles. The van der Waals surface area contributed by atoms with Crippen LogP contribution in [0.25, 0.3) is 11.3 Å². The number of carboxylic acid groups (broad SMARTS) is 1. The van der Waals surface area contributed by atoms with Gasteiger partial charge < -0.3 is 8.96 Å². The van der Waals surface area contributed by atoms with Crippen LogP contribution in [0.5, 0.6) is 0 Å². The highest BCUT2D eigenvalue weighted by Gasteiger charge is 1.99. The van der Waals surface area contributed by atoms with Crippen LogP contribution in [0.2, 0.25) is 0 Å². The minimum Gasteiger partial charge on any atom is -0.483 e. The van der Waals surface area contributed by atoms with Gasteiger partial charge in [0.15, 0.2) is 5.76 Å². The average Bonchev–Trinajstić information content (AvgIpc) is 2.04. The van der Waals surface area contributed by atoms with E-state index >= 15 is 0 Å². The van der Waals surface area contributed by atoms with Gasteiger partial charge in [0.2, 0.25) is 0 Å². The van der Waals surface area contributed by atoms with E-state index in [0.717, 1.165) is 11.3 Å². The quantitative estimate of drug-likeness (QED) is 0.713. The average molecular weight is 196 g/mol. The van der Waals surface area contributed by atoms with Crippen LogP contribution in [-0.2, 0) is 4.79 Å². The Balaban J connectivity index is 0.000000251. The van der Waals surface area contributed by atoms with Crippen molar-refractivity contribution in [3.63, 3.8) is 0 Å². The number of carbonyl (C=O) groups is 1. The third-order valence-electron chi connectivity index (χ3n) is 1.35. The van der Waals surface area contributed by atoms with Gasteiger partial charge in [0.1, 0.15) is 0 Å². The predicted octanol–water partition coefficient (Wildman–Crippen LogP) is 2.71. The number of benzene rings is 1. The number of hydrogen-bond donors (Lipinski definition) is 1. The van der Waals surface area contributed by atoms with Gasteiger partial charge in [-0.1, -0.05) is 30.3 Å². The van der Waals surface area contributed by atoms with Crippen LogP contribution in [0.3, 0.4) is 0 Å². The molecule has 0 aliphatic heterocycles. The first-order valence-electron chi connectivity index (χ1n) is 3.55. The second-order valence-electron chi connectivity index (χ2n) is 2.13. The summed E-state index contributed by atoms with van der Waals surface area (Å²) in [6, 6.07) is 10.1. The van der Waals surface area contributed by atoms with Crippen LogP contribution in [0, 0.1) is 0 Å².